The molecule has 0 atom stereocenters. The van der Waals surface area contributed by atoms with Gasteiger partial charge in [0.05, 0.1) is 18.7 Å². The van der Waals surface area contributed by atoms with Gasteiger partial charge in [-0.05, 0) is 17.7 Å². The van der Waals surface area contributed by atoms with Gasteiger partial charge in [-0.3, -0.25) is 14.6 Å². The van der Waals surface area contributed by atoms with Gasteiger partial charge in [0.15, 0.2) is 11.6 Å². The van der Waals surface area contributed by atoms with E-state index >= 15 is 0 Å². The van der Waals surface area contributed by atoms with Gasteiger partial charge in [0.1, 0.15) is 0 Å². The van der Waals surface area contributed by atoms with Gasteiger partial charge in [-0.25, -0.2) is 0 Å². The van der Waals surface area contributed by atoms with Gasteiger partial charge in [-0.1, -0.05) is 30.3 Å². The van der Waals surface area contributed by atoms with Crippen molar-refractivity contribution < 1.29 is 9.59 Å². The van der Waals surface area contributed by atoms with Gasteiger partial charge >= 0.3 is 0 Å². The van der Waals surface area contributed by atoms with Gasteiger partial charge in [0.25, 0.3) is 0 Å². The second-order valence-electron chi connectivity index (χ2n) is 3.59. The van der Waals surface area contributed by atoms with Crippen molar-refractivity contribution in [2.24, 2.45) is 4.99 Å². The highest BCUT2D eigenvalue weighted by Gasteiger charge is 2.16. The van der Waals surface area contributed by atoms with E-state index in [2.05, 4.69) is 4.99 Å². The van der Waals surface area contributed by atoms with Gasteiger partial charge < -0.3 is 0 Å². The summed E-state index contributed by atoms with van der Waals surface area (Å²) in [5, 5.41) is 0. The number of allylic oxidation sites excluding steroid dienone is 2. The Bertz CT molecular complexity index is 472. The molecule has 1 aliphatic rings. The molecule has 0 aliphatic heterocycles. The Balaban J connectivity index is 2.11. The molecule has 2 rings (SSSR count). The molecule has 1 aliphatic carbocycles. The van der Waals surface area contributed by atoms with Crippen molar-refractivity contribution in [3.8, 4) is 0 Å². The summed E-state index contributed by atoms with van der Waals surface area (Å²) < 4.78 is 0. The van der Waals surface area contributed by atoms with Crippen molar-refractivity contribution >= 4 is 17.3 Å². The van der Waals surface area contributed by atoms with Gasteiger partial charge in [-0.15, -0.1) is 0 Å². The normalized spacial score (nSPS) is 18.1. The van der Waals surface area contributed by atoms with E-state index in [1.807, 2.05) is 30.3 Å². The fourth-order valence-electron chi connectivity index (χ4n) is 1.48. The molecular formula is C13H11NO2. The van der Waals surface area contributed by atoms with Crippen LogP contribution in [0.3, 0.4) is 0 Å². The molecule has 0 heterocycles. The summed E-state index contributed by atoms with van der Waals surface area (Å²) >= 11 is 0. The standard InChI is InChI=1S/C13H11NO2/c15-11-6-7-13(16)12(8-11)14-9-10-4-2-1-3-5-10/h1-7H,8-9H2. The highest BCUT2D eigenvalue weighted by molar-refractivity contribution is 6.49. The van der Waals surface area contributed by atoms with Crippen LogP contribution in [0.4, 0.5) is 0 Å². The molecule has 0 N–H and O–H groups in total. The van der Waals surface area contributed by atoms with Crippen LogP contribution in [0.2, 0.25) is 0 Å². The summed E-state index contributed by atoms with van der Waals surface area (Å²) in [6.45, 7) is 0.447. The molecular weight excluding hydrogens is 202 g/mol. The molecule has 3 heteroatoms. The van der Waals surface area contributed by atoms with Crippen molar-refractivity contribution in [2.75, 3.05) is 0 Å². The van der Waals surface area contributed by atoms with E-state index < -0.39 is 0 Å². The third-order valence-electron chi connectivity index (χ3n) is 2.34. The lowest BCUT2D eigenvalue weighted by Gasteiger charge is -2.05. The van der Waals surface area contributed by atoms with Crippen molar-refractivity contribution in [1.29, 1.82) is 0 Å². The van der Waals surface area contributed by atoms with Crippen LogP contribution in [0.5, 0.6) is 0 Å². The molecule has 16 heavy (non-hydrogen) atoms. The minimum Gasteiger partial charge on any atom is -0.294 e. The summed E-state index contributed by atoms with van der Waals surface area (Å²) in [5.74, 6) is -0.220. The Morgan fingerprint density at radius 3 is 2.56 bits per heavy atom. The molecule has 0 bridgehead atoms. The predicted octanol–water partition coefficient (Wildman–Crippen LogP) is 1.73. The van der Waals surface area contributed by atoms with Gasteiger partial charge in [0.2, 0.25) is 0 Å². The van der Waals surface area contributed by atoms with Gasteiger partial charge in [0, 0.05) is 0 Å². The second-order valence-corrected chi connectivity index (χ2v) is 3.59. The molecule has 0 unspecified atom stereocenters. The second kappa shape index (κ2) is 4.66. The molecule has 80 valence electrons. The van der Waals surface area contributed by atoms with E-state index in [1.165, 1.54) is 12.2 Å². The minimum atomic E-state index is -0.157. The first-order valence-corrected chi connectivity index (χ1v) is 5.08. The monoisotopic (exact) mass is 213 g/mol. The van der Waals surface area contributed by atoms with Crippen molar-refractivity contribution in [3.63, 3.8) is 0 Å². The van der Waals surface area contributed by atoms with E-state index in [9.17, 15) is 9.59 Å². The maximum atomic E-state index is 11.4. The Labute approximate surface area is 93.5 Å². The van der Waals surface area contributed by atoms with E-state index in [1.54, 1.807) is 0 Å². The summed E-state index contributed by atoms with van der Waals surface area (Å²) in [6.07, 6.45) is 2.72. The molecule has 0 saturated carbocycles. The third kappa shape index (κ3) is 2.51. The minimum absolute atomic E-state index is 0.0635. The summed E-state index contributed by atoms with van der Waals surface area (Å²) in [5.41, 5.74) is 1.39. The van der Waals surface area contributed by atoms with Crippen molar-refractivity contribution in [2.45, 2.75) is 13.0 Å². The Kier molecular flexibility index (Phi) is 3.05. The Hall–Kier alpha value is -2.03. The Morgan fingerprint density at radius 1 is 1.06 bits per heavy atom. The van der Waals surface area contributed by atoms with E-state index in [0.29, 0.717) is 12.3 Å². The summed E-state index contributed by atoms with van der Waals surface area (Å²) in [6, 6.07) is 9.64. The summed E-state index contributed by atoms with van der Waals surface area (Å²) in [4.78, 5) is 26.7. The van der Waals surface area contributed by atoms with Crippen molar-refractivity contribution in [3.05, 3.63) is 48.0 Å². The number of hydrogen-bond donors (Lipinski definition) is 0. The molecule has 1 aromatic rings. The SMILES string of the molecule is O=C1C=CC(=O)C(=NCc2ccccc2)C1. The highest BCUT2D eigenvalue weighted by atomic mass is 16.1. The zero-order valence-corrected chi connectivity index (χ0v) is 8.72. The quantitative estimate of drug-likeness (QED) is 0.751. The van der Waals surface area contributed by atoms with Crippen LogP contribution in [0, 0.1) is 0 Å². The first kappa shape index (κ1) is 10.5. The number of benzene rings is 1. The molecule has 0 saturated heterocycles. The lowest BCUT2D eigenvalue weighted by Crippen LogP contribution is -2.20. The van der Waals surface area contributed by atoms with E-state index in [4.69, 9.17) is 0 Å². The molecule has 0 radical (unpaired) electrons. The Morgan fingerprint density at radius 2 is 1.81 bits per heavy atom. The number of rotatable bonds is 2. The zero-order valence-electron chi connectivity index (χ0n) is 8.72. The predicted molar refractivity (Wildman–Crippen MR) is 61.4 cm³/mol. The maximum absolute atomic E-state index is 11.4. The topological polar surface area (TPSA) is 46.5 Å². The number of carbonyl (C=O) groups excluding carboxylic acids is 2. The number of aliphatic imine (C=N–C) groups is 1. The smallest absolute Gasteiger partial charge is 0.200 e. The van der Waals surface area contributed by atoms with E-state index in [-0.39, 0.29) is 18.0 Å². The molecule has 1 aromatic carbocycles. The first-order chi connectivity index (χ1) is 7.75. The van der Waals surface area contributed by atoms with E-state index in [0.717, 1.165) is 5.56 Å². The highest BCUT2D eigenvalue weighted by Crippen LogP contribution is 2.05. The van der Waals surface area contributed by atoms with Crippen LogP contribution in [0.15, 0.2) is 47.5 Å². The zero-order chi connectivity index (χ0) is 11.4. The van der Waals surface area contributed by atoms with Gasteiger partial charge in [-0.2, -0.15) is 0 Å². The molecule has 0 amide bonds. The lowest BCUT2D eigenvalue weighted by atomic mass is 10.0. The average Bonchev–Trinajstić information content (AvgIpc) is 2.32. The number of carbonyl (C=O) groups is 2. The van der Waals surface area contributed by atoms with Crippen LogP contribution < -0.4 is 0 Å². The fourth-order valence-corrected chi connectivity index (χ4v) is 1.48. The number of nitrogens with zero attached hydrogens (tertiary/aromatic N) is 1. The lowest BCUT2D eigenvalue weighted by molar-refractivity contribution is -0.116. The largest absolute Gasteiger partial charge is 0.294 e. The maximum Gasteiger partial charge on any atom is 0.200 e. The molecule has 0 aromatic heterocycles. The number of ketones is 2. The first-order valence-electron chi connectivity index (χ1n) is 5.08. The van der Waals surface area contributed by atoms with Crippen LogP contribution in [-0.4, -0.2) is 17.3 Å². The van der Waals surface area contributed by atoms with Crippen LogP contribution >= 0.6 is 0 Å². The summed E-state index contributed by atoms with van der Waals surface area (Å²) in [7, 11) is 0. The fraction of sp³-hybridized carbons (Fsp3) is 0.154. The van der Waals surface area contributed by atoms with Crippen LogP contribution in [0.1, 0.15) is 12.0 Å². The van der Waals surface area contributed by atoms with Crippen LogP contribution in [-0.2, 0) is 16.1 Å². The molecule has 3 nitrogen and oxygen atoms in total. The average molecular weight is 213 g/mol. The van der Waals surface area contributed by atoms with Crippen LogP contribution in [0.25, 0.3) is 0 Å². The third-order valence-corrected chi connectivity index (χ3v) is 2.34. The molecule has 0 spiro atoms. The molecule has 0 fully saturated rings. The van der Waals surface area contributed by atoms with Crippen molar-refractivity contribution in [1.82, 2.24) is 0 Å². The number of hydrogen-bond acceptors (Lipinski definition) is 3.